The number of benzene rings is 1. The van der Waals surface area contributed by atoms with Crippen LogP contribution in [0, 0.1) is 0 Å². The molecule has 1 aliphatic heterocycles. The Bertz CT molecular complexity index is 1470. The van der Waals surface area contributed by atoms with Crippen molar-refractivity contribution in [3.63, 3.8) is 0 Å². The molecule has 1 atom stereocenters. The summed E-state index contributed by atoms with van der Waals surface area (Å²) >= 11 is 0. The summed E-state index contributed by atoms with van der Waals surface area (Å²) in [4.78, 5) is 38.1. The molecule has 0 spiro atoms. The van der Waals surface area contributed by atoms with E-state index in [1.165, 1.54) is 5.56 Å². The molecule has 0 saturated carbocycles. The first-order valence-electron chi connectivity index (χ1n) is 13.8. The van der Waals surface area contributed by atoms with E-state index in [0.717, 1.165) is 46.9 Å². The Balaban J connectivity index is 1.24. The monoisotopic (exact) mass is 543 g/mol. The van der Waals surface area contributed by atoms with E-state index in [9.17, 15) is 4.79 Å². The van der Waals surface area contributed by atoms with Gasteiger partial charge in [0.25, 0.3) is 0 Å². The molecule has 3 aromatic heterocycles. The molecule has 10 heteroatoms. The summed E-state index contributed by atoms with van der Waals surface area (Å²) in [7, 11) is 0. The predicted octanol–water partition coefficient (Wildman–Crippen LogP) is 5.02. The summed E-state index contributed by atoms with van der Waals surface area (Å²) in [5, 5.41) is 0. The molecule has 1 aromatic carbocycles. The molecule has 4 aromatic rings. The summed E-state index contributed by atoms with van der Waals surface area (Å²) in [6.07, 6.45) is 3.93. The summed E-state index contributed by atoms with van der Waals surface area (Å²) in [5.74, 6) is 0.855. The maximum absolute atomic E-state index is 12.4. The van der Waals surface area contributed by atoms with Crippen LogP contribution in [0.5, 0.6) is 6.01 Å². The molecule has 0 bridgehead atoms. The SMILES string of the molecule is CCOc1nccc(-c2ccc3nc(Cc4cc(C(C)N5CCN(C(=O)OC(C)(C)C)CC5)ccn4)[nH]c3c2)n1. The van der Waals surface area contributed by atoms with E-state index in [4.69, 9.17) is 14.5 Å². The van der Waals surface area contributed by atoms with Crippen molar-refractivity contribution in [2.45, 2.75) is 52.7 Å². The molecule has 210 valence electrons. The summed E-state index contributed by atoms with van der Waals surface area (Å²) in [6, 6.07) is 12.7. The lowest BCUT2D eigenvalue weighted by molar-refractivity contribution is 0.0110. The summed E-state index contributed by atoms with van der Waals surface area (Å²) in [5.41, 5.74) is 5.26. The number of imidazole rings is 1. The summed E-state index contributed by atoms with van der Waals surface area (Å²) in [6.45, 7) is 13.2. The number of rotatable bonds is 7. The van der Waals surface area contributed by atoms with Gasteiger partial charge in [-0.1, -0.05) is 6.07 Å². The van der Waals surface area contributed by atoms with E-state index in [1.54, 1.807) is 11.1 Å². The van der Waals surface area contributed by atoms with Crippen molar-refractivity contribution in [3.8, 4) is 17.3 Å². The highest BCUT2D eigenvalue weighted by Crippen LogP contribution is 2.25. The van der Waals surface area contributed by atoms with Gasteiger partial charge in [-0.25, -0.2) is 14.8 Å². The normalized spacial score (nSPS) is 15.3. The van der Waals surface area contributed by atoms with Gasteiger partial charge in [0.1, 0.15) is 11.4 Å². The van der Waals surface area contributed by atoms with Gasteiger partial charge in [0.15, 0.2) is 0 Å². The van der Waals surface area contributed by atoms with E-state index in [-0.39, 0.29) is 12.1 Å². The number of amides is 1. The maximum atomic E-state index is 12.4. The molecule has 1 unspecified atom stereocenters. The van der Waals surface area contributed by atoms with Crippen molar-refractivity contribution in [3.05, 3.63) is 65.9 Å². The number of carbonyl (C=O) groups excluding carboxylic acids is 1. The first kappa shape index (κ1) is 27.5. The number of carbonyl (C=O) groups is 1. The van der Waals surface area contributed by atoms with Crippen LogP contribution in [0.4, 0.5) is 4.79 Å². The zero-order valence-electron chi connectivity index (χ0n) is 23.8. The van der Waals surface area contributed by atoms with Gasteiger partial charge in [-0.2, -0.15) is 4.98 Å². The largest absolute Gasteiger partial charge is 0.464 e. The second-order valence-corrected chi connectivity index (χ2v) is 11.0. The number of fused-ring (bicyclic) bond motifs is 1. The maximum Gasteiger partial charge on any atom is 0.410 e. The van der Waals surface area contributed by atoms with Crippen molar-refractivity contribution in [2.24, 2.45) is 0 Å². The number of nitrogens with one attached hydrogen (secondary N) is 1. The predicted molar refractivity (Wildman–Crippen MR) is 153 cm³/mol. The summed E-state index contributed by atoms with van der Waals surface area (Å²) < 4.78 is 11.0. The van der Waals surface area contributed by atoms with Gasteiger partial charge < -0.3 is 19.4 Å². The quantitative estimate of drug-likeness (QED) is 0.346. The number of aromatic nitrogens is 5. The van der Waals surface area contributed by atoms with E-state index in [0.29, 0.717) is 32.1 Å². The van der Waals surface area contributed by atoms with Crippen molar-refractivity contribution < 1.29 is 14.3 Å². The Morgan fingerprint density at radius 2 is 1.80 bits per heavy atom. The molecule has 0 aliphatic carbocycles. The fourth-order valence-corrected chi connectivity index (χ4v) is 4.86. The van der Waals surface area contributed by atoms with Gasteiger partial charge >= 0.3 is 12.1 Å². The van der Waals surface area contributed by atoms with Crippen LogP contribution in [-0.4, -0.2) is 79.2 Å². The number of hydrogen-bond donors (Lipinski definition) is 1. The van der Waals surface area contributed by atoms with Crippen LogP contribution >= 0.6 is 0 Å². The van der Waals surface area contributed by atoms with Crippen LogP contribution in [-0.2, 0) is 11.2 Å². The molecule has 1 N–H and O–H groups in total. The van der Waals surface area contributed by atoms with E-state index in [2.05, 4.69) is 43.9 Å². The molecule has 40 heavy (non-hydrogen) atoms. The highest BCUT2D eigenvalue weighted by molar-refractivity contribution is 5.81. The van der Waals surface area contributed by atoms with Crippen molar-refractivity contribution in [2.75, 3.05) is 32.8 Å². The topological polar surface area (TPSA) is 109 Å². The van der Waals surface area contributed by atoms with Gasteiger partial charge in [-0.3, -0.25) is 9.88 Å². The van der Waals surface area contributed by atoms with Crippen molar-refractivity contribution >= 4 is 17.1 Å². The van der Waals surface area contributed by atoms with Gasteiger partial charge in [-0.15, -0.1) is 0 Å². The van der Waals surface area contributed by atoms with E-state index >= 15 is 0 Å². The van der Waals surface area contributed by atoms with Crippen LogP contribution in [0.3, 0.4) is 0 Å². The van der Waals surface area contributed by atoms with Crippen LogP contribution in [0.1, 0.15) is 57.7 Å². The molecule has 1 amide bonds. The van der Waals surface area contributed by atoms with Gasteiger partial charge in [-0.05, 0) is 70.5 Å². The number of piperazine rings is 1. The smallest absolute Gasteiger partial charge is 0.410 e. The minimum atomic E-state index is -0.484. The minimum Gasteiger partial charge on any atom is -0.464 e. The molecular formula is C30H37N7O3. The van der Waals surface area contributed by atoms with E-state index in [1.807, 2.05) is 58.2 Å². The molecule has 1 aliphatic rings. The van der Waals surface area contributed by atoms with Crippen LogP contribution in [0.2, 0.25) is 0 Å². The lowest BCUT2D eigenvalue weighted by atomic mass is 10.1. The molecule has 0 radical (unpaired) electrons. The van der Waals surface area contributed by atoms with Crippen molar-refractivity contribution in [1.82, 2.24) is 34.7 Å². The zero-order valence-corrected chi connectivity index (χ0v) is 23.8. The third-order valence-electron chi connectivity index (χ3n) is 6.92. The Morgan fingerprint density at radius 1 is 1.02 bits per heavy atom. The van der Waals surface area contributed by atoms with Gasteiger partial charge in [0.05, 0.1) is 23.3 Å². The number of pyridine rings is 1. The standard InChI is InChI=1S/C30H37N7O3/c1-6-39-28-32-12-10-24(35-28)22-7-8-25-26(18-22)34-27(33-25)19-23-17-21(9-11-31-23)20(2)36-13-15-37(16-14-36)29(38)40-30(3,4)5/h7-12,17-18,20H,6,13-16,19H2,1-5H3,(H,33,34). The first-order valence-corrected chi connectivity index (χ1v) is 13.8. The molecule has 1 fully saturated rings. The Kier molecular flexibility index (Phi) is 7.97. The molecule has 4 heterocycles. The first-order chi connectivity index (χ1) is 19.2. The number of H-pyrrole nitrogens is 1. The fraction of sp³-hybridized carbons (Fsp3) is 0.433. The average molecular weight is 544 g/mol. The number of nitrogens with zero attached hydrogens (tertiary/aromatic N) is 6. The zero-order chi connectivity index (χ0) is 28.3. The van der Waals surface area contributed by atoms with Crippen LogP contribution < -0.4 is 4.74 Å². The number of ether oxygens (including phenoxy) is 2. The van der Waals surface area contributed by atoms with Crippen LogP contribution in [0.15, 0.2) is 48.8 Å². The fourth-order valence-electron chi connectivity index (χ4n) is 4.86. The van der Waals surface area contributed by atoms with Crippen LogP contribution in [0.25, 0.3) is 22.3 Å². The molecule has 1 saturated heterocycles. The third-order valence-corrected chi connectivity index (χ3v) is 6.92. The minimum absolute atomic E-state index is 0.204. The highest BCUT2D eigenvalue weighted by atomic mass is 16.6. The lowest BCUT2D eigenvalue weighted by Crippen LogP contribution is -2.50. The molecule has 10 nitrogen and oxygen atoms in total. The van der Waals surface area contributed by atoms with Crippen molar-refractivity contribution in [1.29, 1.82) is 0 Å². The average Bonchev–Trinajstić information content (AvgIpc) is 3.34. The highest BCUT2D eigenvalue weighted by Gasteiger charge is 2.28. The van der Waals surface area contributed by atoms with Gasteiger partial charge in [0, 0.05) is 62.3 Å². The molecule has 5 rings (SSSR count). The van der Waals surface area contributed by atoms with E-state index < -0.39 is 5.60 Å². The number of hydrogen-bond acceptors (Lipinski definition) is 8. The second kappa shape index (κ2) is 11.6. The third kappa shape index (κ3) is 6.56. The Hall–Kier alpha value is -4.05. The Morgan fingerprint density at radius 3 is 2.55 bits per heavy atom. The lowest BCUT2D eigenvalue weighted by Gasteiger charge is -2.38. The van der Waals surface area contributed by atoms with Gasteiger partial charge in [0.2, 0.25) is 0 Å². The Labute approximate surface area is 234 Å². The molecular weight excluding hydrogens is 506 g/mol. The number of aromatic amines is 1. The second-order valence-electron chi connectivity index (χ2n) is 11.0.